The molecule has 0 N–H and O–H groups in total. The van der Waals surface area contributed by atoms with Crippen molar-refractivity contribution in [1.29, 1.82) is 0 Å². The highest BCUT2D eigenvalue weighted by atomic mass is 16.5. The minimum absolute atomic E-state index is 0.161. The van der Waals surface area contributed by atoms with Gasteiger partial charge in [0.15, 0.2) is 0 Å². The summed E-state index contributed by atoms with van der Waals surface area (Å²) in [5.41, 5.74) is 4.91. The van der Waals surface area contributed by atoms with Gasteiger partial charge in [-0.3, -0.25) is 4.90 Å². The summed E-state index contributed by atoms with van der Waals surface area (Å²) in [5.74, 6) is 2.97. The van der Waals surface area contributed by atoms with E-state index in [4.69, 9.17) is 9.47 Å². The Hall–Kier alpha value is -3.51. The molecular formula is C29H32N4O2. The molecule has 2 aromatic carbocycles. The third-order valence-corrected chi connectivity index (χ3v) is 7.31. The van der Waals surface area contributed by atoms with Crippen molar-refractivity contribution in [2.24, 2.45) is 0 Å². The van der Waals surface area contributed by atoms with Gasteiger partial charge < -0.3 is 18.9 Å². The van der Waals surface area contributed by atoms with Crippen LogP contribution in [0.5, 0.6) is 11.5 Å². The van der Waals surface area contributed by atoms with Gasteiger partial charge >= 0.3 is 0 Å². The molecule has 35 heavy (non-hydrogen) atoms. The van der Waals surface area contributed by atoms with Gasteiger partial charge in [-0.1, -0.05) is 12.1 Å². The van der Waals surface area contributed by atoms with Gasteiger partial charge in [-0.25, -0.2) is 4.98 Å². The third-order valence-electron chi connectivity index (χ3n) is 7.31. The van der Waals surface area contributed by atoms with Gasteiger partial charge in [-0.05, 0) is 73.0 Å². The maximum Gasteiger partial charge on any atom is 0.144 e. The van der Waals surface area contributed by atoms with E-state index in [0.29, 0.717) is 0 Å². The van der Waals surface area contributed by atoms with Crippen LogP contribution in [0.3, 0.4) is 0 Å². The fraction of sp³-hybridized carbons (Fsp3) is 0.345. The van der Waals surface area contributed by atoms with Gasteiger partial charge in [0.05, 0.1) is 19.2 Å². The Morgan fingerprint density at radius 1 is 1.00 bits per heavy atom. The summed E-state index contributed by atoms with van der Waals surface area (Å²) >= 11 is 0. The number of para-hydroxylation sites is 1. The molecule has 0 aliphatic carbocycles. The summed E-state index contributed by atoms with van der Waals surface area (Å²) in [6.45, 7) is 8.20. The van der Waals surface area contributed by atoms with Crippen LogP contribution in [-0.2, 0) is 6.54 Å². The number of nitrogens with zero attached hydrogens (tertiary/aromatic N) is 4. The molecule has 0 amide bonds. The van der Waals surface area contributed by atoms with E-state index >= 15 is 0 Å². The number of pyridine rings is 1. The SMILES string of the molecule is COc1ccc(-c2cc3cccc4c3n2CC(CCN2CCN(c3cc(C)ccn3)CC2)O4)cc1. The lowest BCUT2D eigenvalue weighted by Crippen LogP contribution is -2.47. The predicted octanol–water partition coefficient (Wildman–Crippen LogP) is 4.99. The Kier molecular flexibility index (Phi) is 5.82. The first-order chi connectivity index (χ1) is 17.2. The van der Waals surface area contributed by atoms with E-state index in [1.165, 1.54) is 27.7 Å². The lowest BCUT2D eigenvalue weighted by Gasteiger charge is -2.36. The van der Waals surface area contributed by atoms with Crippen LogP contribution in [0.4, 0.5) is 5.82 Å². The van der Waals surface area contributed by atoms with Crippen LogP contribution in [0.2, 0.25) is 0 Å². The lowest BCUT2D eigenvalue weighted by atomic mass is 10.1. The predicted molar refractivity (Wildman–Crippen MR) is 141 cm³/mol. The molecule has 0 bridgehead atoms. The zero-order chi connectivity index (χ0) is 23.8. The molecule has 180 valence electrons. The van der Waals surface area contributed by atoms with E-state index in [1.54, 1.807) is 7.11 Å². The van der Waals surface area contributed by atoms with E-state index in [0.717, 1.165) is 63.0 Å². The van der Waals surface area contributed by atoms with Crippen molar-refractivity contribution in [2.45, 2.75) is 26.0 Å². The average Bonchev–Trinajstić information content (AvgIpc) is 3.28. The Bertz CT molecular complexity index is 1320. The highest BCUT2D eigenvalue weighted by Crippen LogP contribution is 2.38. The fourth-order valence-corrected chi connectivity index (χ4v) is 5.37. The second kappa shape index (κ2) is 9.27. The maximum atomic E-state index is 6.50. The van der Waals surface area contributed by atoms with Crippen molar-refractivity contribution in [2.75, 3.05) is 44.7 Å². The van der Waals surface area contributed by atoms with E-state index in [9.17, 15) is 0 Å². The first kappa shape index (κ1) is 22.0. The lowest BCUT2D eigenvalue weighted by molar-refractivity contribution is 0.137. The van der Waals surface area contributed by atoms with E-state index in [-0.39, 0.29) is 6.10 Å². The van der Waals surface area contributed by atoms with Crippen LogP contribution in [0.25, 0.3) is 22.2 Å². The van der Waals surface area contributed by atoms with Crippen LogP contribution in [0.15, 0.2) is 66.9 Å². The number of methoxy groups -OCH3 is 1. The number of ether oxygens (including phenoxy) is 2. The number of hydrogen-bond acceptors (Lipinski definition) is 5. The van der Waals surface area contributed by atoms with Crippen molar-refractivity contribution in [3.05, 3.63) is 72.4 Å². The Morgan fingerprint density at radius 3 is 2.60 bits per heavy atom. The molecule has 2 aromatic heterocycles. The molecule has 1 unspecified atom stereocenters. The number of aromatic nitrogens is 2. The largest absolute Gasteiger partial charge is 0.497 e. The summed E-state index contributed by atoms with van der Waals surface area (Å²) in [5, 5.41) is 1.23. The molecule has 4 aromatic rings. The van der Waals surface area contributed by atoms with Crippen LogP contribution in [0.1, 0.15) is 12.0 Å². The van der Waals surface area contributed by atoms with E-state index in [2.05, 4.69) is 74.8 Å². The molecule has 6 rings (SSSR count). The zero-order valence-electron chi connectivity index (χ0n) is 20.5. The monoisotopic (exact) mass is 468 g/mol. The summed E-state index contributed by atoms with van der Waals surface area (Å²) in [6, 6.07) is 21.2. The van der Waals surface area contributed by atoms with Gasteiger partial charge in [-0.2, -0.15) is 0 Å². The van der Waals surface area contributed by atoms with Crippen molar-refractivity contribution >= 4 is 16.7 Å². The van der Waals surface area contributed by atoms with Gasteiger partial charge in [0, 0.05) is 50.0 Å². The molecule has 1 fully saturated rings. The average molecular weight is 469 g/mol. The molecule has 6 heteroatoms. The Labute approximate surface area is 206 Å². The molecule has 1 atom stereocenters. The van der Waals surface area contributed by atoms with Crippen LogP contribution in [0, 0.1) is 6.92 Å². The minimum atomic E-state index is 0.161. The molecular weight excluding hydrogens is 436 g/mol. The second-order valence-electron chi connectivity index (χ2n) is 9.61. The molecule has 0 saturated carbocycles. The Balaban J connectivity index is 1.14. The highest BCUT2D eigenvalue weighted by Gasteiger charge is 2.26. The van der Waals surface area contributed by atoms with Gasteiger partial charge in [0.2, 0.25) is 0 Å². The topological polar surface area (TPSA) is 42.8 Å². The first-order valence-corrected chi connectivity index (χ1v) is 12.5. The minimum Gasteiger partial charge on any atom is -0.497 e. The molecule has 2 aliphatic rings. The number of benzene rings is 2. The summed E-state index contributed by atoms with van der Waals surface area (Å²) in [6.07, 6.45) is 3.08. The number of piperazine rings is 1. The van der Waals surface area contributed by atoms with Crippen molar-refractivity contribution in [3.8, 4) is 22.8 Å². The van der Waals surface area contributed by atoms with Crippen molar-refractivity contribution in [1.82, 2.24) is 14.5 Å². The highest BCUT2D eigenvalue weighted by molar-refractivity contribution is 5.92. The molecule has 4 heterocycles. The van der Waals surface area contributed by atoms with Crippen LogP contribution < -0.4 is 14.4 Å². The number of aryl methyl sites for hydroxylation is 1. The second-order valence-corrected chi connectivity index (χ2v) is 9.61. The van der Waals surface area contributed by atoms with E-state index < -0.39 is 0 Å². The van der Waals surface area contributed by atoms with E-state index in [1.807, 2.05) is 18.3 Å². The van der Waals surface area contributed by atoms with Gasteiger partial charge in [0.25, 0.3) is 0 Å². The molecule has 1 saturated heterocycles. The van der Waals surface area contributed by atoms with Crippen LogP contribution in [-0.4, -0.2) is 60.4 Å². The molecule has 6 nitrogen and oxygen atoms in total. The van der Waals surface area contributed by atoms with Gasteiger partial charge in [0.1, 0.15) is 23.4 Å². The first-order valence-electron chi connectivity index (χ1n) is 12.5. The maximum absolute atomic E-state index is 6.50. The number of anilines is 1. The van der Waals surface area contributed by atoms with Gasteiger partial charge in [-0.15, -0.1) is 0 Å². The fourth-order valence-electron chi connectivity index (χ4n) is 5.37. The Morgan fingerprint density at radius 2 is 1.83 bits per heavy atom. The molecule has 0 radical (unpaired) electrons. The summed E-state index contributed by atoms with van der Waals surface area (Å²) in [4.78, 5) is 9.52. The number of rotatable bonds is 6. The summed E-state index contributed by atoms with van der Waals surface area (Å²) in [7, 11) is 1.71. The standard InChI is InChI=1S/C29H32N4O2/c1-21-10-12-30-28(18-21)32-16-14-31(15-17-32)13-11-25-20-33-26(22-6-8-24(34-2)9-7-22)19-23-4-3-5-27(35-25)29(23)33/h3-10,12,18-19,25H,11,13-17,20H2,1-2H3. The normalized spacial score (nSPS) is 18.0. The number of hydrogen-bond donors (Lipinski definition) is 0. The zero-order valence-corrected chi connectivity index (χ0v) is 20.5. The smallest absolute Gasteiger partial charge is 0.144 e. The summed E-state index contributed by atoms with van der Waals surface area (Å²) < 4.78 is 14.3. The van der Waals surface area contributed by atoms with Crippen molar-refractivity contribution < 1.29 is 9.47 Å². The van der Waals surface area contributed by atoms with Crippen molar-refractivity contribution in [3.63, 3.8) is 0 Å². The molecule has 0 spiro atoms. The molecule has 2 aliphatic heterocycles. The van der Waals surface area contributed by atoms with Crippen LogP contribution >= 0.6 is 0 Å². The quantitative estimate of drug-likeness (QED) is 0.399. The third kappa shape index (κ3) is 4.34.